The van der Waals surface area contributed by atoms with Gasteiger partial charge in [-0.15, -0.1) is 0 Å². The van der Waals surface area contributed by atoms with Gasteiger partial charge in [0.05, 0.1) is 17.9 Å². The average molecular weight is 313 g/mol. The number of amides is 1. The normalized spacial score (nSPS) is 21.1. The minimum Gasteiger partial charge on any atom is -0.373 e. The van der Waals surface area contributed by atoms with Crippen molar-refractivity contribution in [2.45, 2.75) is 25.9 Å². The predicted octanol–water partition coefficient (Wildman–Crippen LogP) is 2.63. The molecule has 5 nitrogen and oxygen atoms in total. The van der Waals surface area contributed by atoms with E-state index in [9.17, 15) is 4.79 Å². The fourth-order valence-electron chi connectivity index (χ4n) is 3.04. The maximum absolute atomic E-state index is 12.2. The van der Waals surface area contributed by atoms with Gasteiger partial charge in [-0.05, 0) is 25.3 Å². The van der Waals surface area contributed by atoms with Crippen molar-refractivity contribution in [3.05, 3.63) is 53.3 Å². The molecule has 1 fully saturated rings. The number of aryl methyl sites for hydroxylation is 2. The number of ether oxygens (including phenoxy) is 1. The van der Waals surface area contributed by atoms with Crippen LogP contribution in [-0.2, 0) is 11.8 Å². The zero-order valence-electron chi connectivity index (χ0n) is 13.7. The maximum atomic E-state index is 12.2. The van der Waals surface area contributed by atoms with Gasteiger partial charge in [0.25, 0.3) is 5.91 Å². The Morgan fingerprint density at radius 1 is 1.39 bits per heavy atom. The van der Waals surface area contributed by atoms with Gasteiger partial charge in [0.1, 0.15) is 0 Å². The molecule has 2 aromatic rings. The van der Waals surface area contributed by atoms with Gasteiger partial charge in [-0.3, -0.25) is 9.48 Å². The van der Waals surface area contributed by atoms with E-state index in [1.807, 2.05) is 0 Å². The van der Waals surface area contributed by atoms with E-state index in [1.54, 1.807) is 24.1 Å². The highest BCUT2D eigenvalue weighted by Gasteiger charge is 2.27. The lowest BCUT2D eigenvalue weighted by Gasteiger charge is -2.32. The molecule has 0 saturated carbocycles. The van der Waals surface area contributed by atoms with Crippen molar-refractivity contribution in [1.82, 2.24) is 15.1 Å². The Bertz CT molecular complexity index is 663. The molecule has 122 valence electrons. The van der Waals surface area contributed by atoms with Gasteiger partial charge < -0.3 is 10.1 Å². The summed E-state index contributed by atoms with van der Waals surface area (Å²) < 4.78 is 7.62. The van der Waals surface area contributed by atoms with Gasteiger partial charge in [0.2, 0.25) is 0 Å². The van der Waals surface area contributed by atoms with Gasteiger partial charge in [-0.25, -0.2) is 0 Å². The van der Waals surface area contributed by atoms with Crippen LogP contribution in [0, 0.1) is 12.8 Å². The second-order valence-corrected chi connectivity index (χ2v) is 6.22. The van der Waals surface area contributed by atoms with E-state index in [1.165, 1.54) is 11.1 Å². The highest BCUT2D eigenvalue weighted by molar-refractivity contribution is 5.93. The standard InChI is InChI=1S/C18H23N3O2/c1-13-5-7-14(8-6-13)17-15(4-3-9-23-17)10-19-18(22)16-11-20-21(2)12-16/h5-8,11-12,15,17H,3-4,9-10H2,1-2H3,(H,19,22). The fraction of sp³-hybridized carbons (Fsp3) is 0.444. The summed E-state index contributed by atoms with van der Waals surface area (Å²) in [6.45, 7) is 3.48. The van der Waals surface area contributed by atoms with E-state index in [0.29, 0.717) is 18.0 Å². The molecule has 23 heavy (non-hydrogen) atoms. The Morgan fingerprint density at radius 2 is 2.17 bits per heavy atom. The molecule has 2 unspecified atom stereocenters. The zero-order valence-corrected chi connectivity index (χ0v) is 13.7. The largest absolute Gasteiger partial charge is 0.373 e. The molecule has 5 heteroatoms. The highest BCUT2D eigenvalue weighted by atomic mass is 16.5. The number of carbonyl (C=O) groups excluding carboxylic acids is 1. The fourth-order valence-corrected chi connectivity index (χ4v) is 3.04. The van der Waals surface area contributed by atoms with Gasteiger partial charge in [-0.2, -0.15) is 5.10 Å². The third-order valence-corrected chi connectivity index (χ3v) is 4.34. The number of benzene rings is 1. The third kappa shape index (κ3) is 3.79. The van der Waals surface area contributed by atoms with E-state index in [0.717, 1.165) is 19.4 Å². The number of nitrogens with one attached hydrogen (secondary N) is 1. The summed E-state index contributed by atoms with van der Waals surface area (Å²) in [7, 11) is 1.80. The van der Waals surface area contributed by atoms with Crippen molar-refractivity contribution in [3.63, 3.8) is 0 Å². The van der Waals surface area contributed by atoms with Crippen molar-refractivity contribution < 1.29 is 9.53 Å². The van der Waals surface area contributed by atoms with Crippen LogP contribution in [0.25, 0.3) is 0 Å². The molecule has 1 N–H and O–H groups in total. The molecule has 0 radical (unpaired) electrons. The lowest BCUT2D eigenvalue weighted by atomic mass is 9.89. The monoisotopic (exact) mass is 313 g/mol. The van der Waals surface area contributed by atoms with E-state index in [4.69, 9.17) is 4.74 Å². The first-order chi connectivity index (χ1) is 11.1. The van der Waals surface area contributed by atoms with Crippen LogP contribution in [0.1, 0.15) is 40.4 Å². The molecule has 0 aliphatic carbocycles. The minimum atomic E-state index is -0.0775. The van der Waals surface area contributed by atoms with Crippen molar-refractivity contribution in [3.8, 4) is 0 Å². The van der Waals surface area contributed by atoms with E-state index in [2.05, 4.69) is 41.6 Å². The Kier molecular flexibility index (Phi) is 4.76. The van der Waals surface area contributed by atoms with Gasteiger partial charge in [0.15, 0.2) is 0 Å². The molecule has 2 atom stereocenters. The topological polar surface area (TPSA) is 56.1 Å². The van der Waals surface area contributed by atoms with Gasteiger partial charge in [-0.1, -0.05) is 29.8 Å². The lowest BCUT2D eigenvalue weighted by molar-refractivity contribution is -0.0272. The molecule has 3 rings (SSSR count). The lowest BCUT2D eigenvalue weighted by Crippen LogP contribution is -2.35. The summed E-state index contributed by atoms with van der Waals surface area (Å²) in [4.78, 5) is 12.2. The summed E-state index contributed by atoms with van der Waals surface area (Å²) in [6, 6.07) is 8.47. The Morgan fingerprint density at radius 3 is 2.87 bits per heavy atom. The van der Waals surface area contributed by atoms with Crippen molar-refractivity contribution >= 4 is 5.91 Å². The summed E-state index contributed by atoms with van der Waals surface area (Å²) in [5.74, 6) is 0.221. The Hall–Kier alpha value is -2.14. The molecular formula is C18H23N3O2. The molecule has 2 heterocycles. The number of rotatable bonds is 4. The summed E-state index contributed by atoms with van der Waals surface area (Å²) in [5, 5.41) is 7.06. The molecule has 1 aromatic carbocycles. The number of hydrogen-bond donors (Lipinski definition) is 1. The second kappa shape index (κ2) is 6.96. The first kappa shape index (κ1) is 15.7. The van der Waals surface area contributed by atoms with E-state index >= 15 is 0 Å². The molecule has 1 amide bonds. The summed E-state index contributed by atoms with van der Waals surface area (Å²) in [5.41, 5.74) is 3.03. The average Bonchev–Trinajstić information content (AvgIpc) is 3.00. The van der Waals surface area contributed by atoms with Gasteiger partial charge in [0, 0.05) is 32.3 Å². The molecule has 1 saturated heterocycles. The second-order valence-electron chi connectivity index (χ2n) is 6.22. The minimum absolute atomic E-state index is 0.0542. The predicted molar refractivity (Wildman–Crippen MR) is 88.1 cm³/mol. The van der Waals surface area contributed by atoms with Crippen LogP contribution in [0.3, 0.4) is 0 Å². The first-order valence-corrected chi connectivity index (χ1v) is 8.08. The first-order valence-electron chi connectivity index (χ1n) is 8.08. The number of nitrogens with zero attached hydrogens (tertiary/aromatic N) is 2. The van der Waals surface area contributed by atoms with Crippen LogP contribution < -0.4 is 5.32 Å². The number of carbonyl (C=O) groups is 1. The van der Waals surface area contributed by atoms with Crippen molar-refractivity contribution in [1.29, 1.82) is 0 Å². The number of hydrogen-bond acceptors (Lipinski definition) is 3. The van der Waals surface area contributed by atoms with Crippen LogP contribution in [0.4, 0.5) is 0 Å². The van der Waals surface area contributed by atoms with E-state index in [-0.39, 0.29) is 12.0 Å². The number of aromatic nitrogens is 2. The Balaban J connectivity index is 1.64. The molecule has 0 spiro atoms. The van der Waals surface area contributed by atoms with Crippen LogP contribution in [0.15, 0.2) is 36.7 Å². The van der Waals surface area contributed by atoms with Crippen LogP contribution in [0.2, 0.25) is 0 Å². The molecule has 0 bridgehead atoms. The van der Waals surface area contributed by atoms with E-state index < -0.39 is 0 Å². The van der Waals surface area contributed by atoms with Crippen LogP contribution in [0.5, 0.6) is 0 Å². The molecular weight excluding hydrogens is 290 g/mol. The highest BCUT2D eigenvalue weighted by Crippen LogP contribution is 2.33. The zero-order chi connectivity index (χ0) is 16.2. The summed E-state index contributed by atoms with van der Waals surface area (Å²) in [6.07, 6.45) is 5.47. The maximum Gasteiger partial charge on any atom is 0.254 e. The summed E-state index contributed by atoms with van der Waals surface area (Å²) >= 11 is 0. The third-order valence-electron chi connectivity index (χ3n) is 4.34. The Labute approximate surface area is 136 Å². The van der Waals surface area contributed by atoms with Gasteiger partial charge >= 0.3 is 0 Å². The quantitative estimate of drug-likeness (QED) is 0.944. The SMILES string of the molecule is Cc1ccc(C2OCCCC2CNC(=O)c2cnn(C)c2)cc1. The molecule has 1 aliphatic rings. The van der Waals surface area contributed by atoms with Crippen molar-refractivity contribution in [2.24, 2.45) is 13.0 Å². The van der Waals surface area contributed by atoms with Crippen molar-refractivity contribution in [2.75, 3.05) is 13.2 Å². The van der Waals surface area contributed by atoms with Crippen LogP contribution in [-0.4, -0.2) is 28.8 Å². The molecule has 1 aromatic heterocycles. The van der Waals surface area contributed by atoms with Crippen LogP contribution >= 0.6 is 0 Å². The molecule has 1 aliphatic heterocycles. The smallest absolute Gasteiger partial charge is 0.254 e.